The first-order valence-corrected chi connectivity index (χ1v) is 11.1. The number of allylic oxidation sites excluding steroid dienone is 2. The summed E-state index contributed by atoms with van der Waals surface area (Å²) in [7, 11) is 2.66. The molecule has 0 atom stereocenters. The Morgan fingerprint density at radius 3 is 2.15 bits per heavy atom. The predicted octanol–water partition coefficient (Wildman–Crippen LogP) is 4.45. The van der Waals surface area contributed by atoms with E-state index in [1.165, 1.54) is 25.6 Å². The molecule has 0 spiro atoms. The van der Waals surface area contributed by atoms with Gasteiger partial charge in [0.2, 0.25) is 0 Å². The highest BCUT2D eigenvalue weighted by Crippen LogP contribution is 2.43. The maximum atomic E-state index is 12.8. The van der Waals surface area contributed by atoms with E-state index in [-0.39, 0.29) is 0 Å². The van der Waals surface area contributed by atoms with Gasteiger partial charge in [0.1, 0.15) is 5.01 Å². The van der Waals surface area contributed by atoms with Crippen molar-refractivity contribution in [2.75, 3.05) is 14.2 Å². The van der Waals surface area contributed by atoms with Gasteiger partial charge >= 0.3 is 11.9 Å². The van der Waals surface area contributed by atoms with Gasteiger partial charge in [-0.1, -0.05) is 24.3 Å². The number of esters is 2. The third-order valence-electron chi connectivity index (χ3n) is 5.55. The van der Waals surface area contributed by atoms with Crippen LogP contribution < -0.4 is 5.32 Å². The minimum atomic E-state index is -0.671. The Labute approximate surface area is 195 Å². The minimum absolute atomic E-state index is 0.363. The van der Waals surface area contributed by atoms with Crippen LogP contribution in [0.1, 0.15) is 25.3 Å². The Morgan fingerprint density at radius 1 is 0.939 bits per heavy atom. The van der Waals surface area contributed by atoms with Crippen LogP contribution in [0.5, 0.6) is 0 Å². The van der Waals surface area contributed by atoms with Gasteiger partial charge in [0, 0.05) is 40.3 Å². The zero-order valence-corrected chi connectivity index (χ0v) is 19.5. The van der Waals surface area contributed by atoms with E-state index in [1.807, 2.05) is 41.8 Å². The fraction of sp³-hybridized carbons (Fsp3) is 0.200. The highest BCUT2D eigenvalue weighted by molar-refractivity contribution is 7.13. The van der Waals surface area contributed by atoms with Crippen molar-refractivity contribution in [2.24, 2.45) is 0 Å². The molecule has 1 N–H and O–H groups in total. The van der Waals surface area contributed by atoms with E-state index in [2.05, 4.69) is 10.3 Å². The van der Waals surface area contributed by atoms with Crippen LogP contribution in [0.2, 0.25) is 0 Å². The number of pyridine rings is 1. The molecule has 1 aliphatic rings. The van der Waals surface area contributed by atoms with Crippen LogP contribution in [0.15, 0.2) is 76.7 Å². The zero-order chi connectivity index (χ0) is 23.5. The van der Waals surface area contributed by atoms with E-state index < -0.39 is 17.9 Å². The van der Waals surface area contributed by atoms with Crippen LogP contribution in [-0.4, -0.2) is 36.1 Å². The summed E-state index contributed by atoms with van der Waals surface area (Å²) in [6.45, 7) is 3.59. The van der Waals surface area contributed by atoms with Gasteiger partial charge in [-0.3, -0.25) is 4.98 Å². The lowest BCUT2D eigenvalue weighted by Gasteiger charge is -2.31. The van der Waals surface area contributed by atoms with Crippen molar-refractivity contribution in [1.29, 1.82) is 0 Å². The molecular weight excluding hydrogens is 438 g/mol. The van der Waals surface area contributed by atoms with Crippen molar-refractivity contribution in [2.45, 2.75) is 19.8 Å². The van der Waals surface area contributed by atoms with Gasteiger partial charge in [0.05, 0.1) is 37.0 Å². The average Bonchev–Trinajstić information content (AvgIpc) is 3.33. The summed E-state index contributed by atoms with van der Waals surface area (Å²) in [5, 5.41) is 5.89. The Hall–Kier alpha value is -3.78. The lowest BCUT2D eigenvalue weighted by molar-refractivity contribution is -0.137. The number of hydrogen-bond donors (Lipinski definition) is 1. The molecule has 8 heteroatoms. The molecule has 2 aromatic heterocycles. The van der Waals surface area contributed by atoms with Gasteiger partial charge in [0.15, 0.2) is 0 Å². The molecule has 4 rings (SSSR count). The van der Waals surface area contributed by atoms with E-state index in [0.29, 0.717) is 22.5 Å². The Balaban J connectivity index is 1.90. The van der Waals surface area contributed by atoms with Crippen molar-refractivity contribution in [1.82, 2.24) is 15.3 Å². The monoisotopic (exact) mass is 461 g/mol. The van der Waals surface area contributed by atoms with E-state index in [1.54, 1.807) is 26.2 Å². The Kier molecular flexibility index (Phi) is 6.37. The van der Waals surface area contributed by atoms with Crippen LogP contribution in [-0.2, 0) is 19.1 Å². The summed E-state index contributed by atoms with van der Waals surface area (Å²) in [6, 6.07) is 11.5. The molecule has 3 heterocycles. The lowest BCUT2D eigenvalue weighted by atomic mass is 9.78. The molecule has 0 amide bonds. The third kappa shape index (κ3) is 4.17. The van der Waals surface area contributed by atoms with Crippen LogP contribution in [0.25, 0.3) is 21.8 Å². The Morgan fingerprint density at radius 2 is 1.55 bits per heavy atom. The number of dihydropyridines is 1. The summed E-state index contributed by atoms with van der Waals surface area (Å²) in [6.07, 6.45) is 3.45. The molecule has 0 radical (unpaired) electrons. The fourth-order valence-electron chi connectivity index (χ4n) is 4.06. The number of thiazole rings is 1. The van der Waals surface area contributed by atoms with Crippen molar-refractivity contribution in [3.8, 4) is 21.8 Å². The quantitative estimate of drug-likeness (QED) is 0.561. The van der Waals surface area contributed by atoms with Crippen molar-refractivity contribution in [3.05, 3.63) is 82.3 Å². The third-order valence-corrected chi connectivity index (χ3v) is 6.43. The molecule has 1 aromatic carbocycles. The summed E-state index contributed by atoms with van der Waals surface area (Å²) in [5.41, 5.74) is 5.38. The van der Waals surface area contributed by atoms with Gasteiger partial charge in [-0.2, -0.15) is 0 Å². The molecule has 0 fully saturated rings. The summed E-state index contributed by atoms with van der Waals surface area (Å²) in [5.74, 6) is -1.69. The molecule has 0 saturated carbocycles. The zero-order valence-electron chi connectivity index (χ0n) is 18.7. The number of benzene rings is 1. The first-order chi connectivity index (χ1) is 16.0. The molecule has 1 aliphatic heterocycles. The number of methoxy groups -OCH3 is 2. The maximum absolute atomic E-state index is 12.8. The second-order valence-electron chi connectivity index (χ2n) is 7.48. The minimum Gasteiger partial charge on any atom is -0.466 e. The molecule has 0 unspecified atom stereocenters. The molecular formula is C25H23N3O4S. The van der Waals surface area contributed by atoms with Crippen LogP contribution in [0.3, 0.4) is 0 Å². The first-order valence-electron chi connectivity index (χ1n) is 10.3. The van der Waals surface area contributed by atoms with Crippen molar-refractivity contribution in [3.63, 3.8) is 0 Å². The normalized spacial score (nSPS) is 14.2. The molecule has 0 aliphatic carbocycles. The van der Waals surface area contributed by atoms with E-state index >= 15 is 0 Å². The van der Waals surface area contributed by atoms with E-state index in [9.17, 15) is 9.59 Å². The van der Waals surface area contributed by atoms with Gasteiger partial charge < -0.3 is 14.8 Å². The smallest absolute Gasteiger partial charge is 0.336 e. The average molecular weight is 462 g/mol. The predicted molar refractivity (Wildman–Crippen MR) is 126 cm³/mol. The number of nitrogens with zero attached hydrogens (tertiary/aromatic N) is 2. The van der Waals surface area contributed by atoms with Gasteiger partial charge in [-0.05, 0) is 31.5 Å². The van der Waals surface area contributed by atoms with Gasteiger partial charge in [-0.15, -0.1) is 11.3 Å². The summed E-state index contributed by atoms with van der Waals surface area (Å²) < 4.78 is 10.2. The SMILES string of the molecule is COC(=O)C1=C(C)NC(C)=C(C(=O)OC)C1c1ccccc1-c1nc(-c2ccncc2)cs1. The molecule has 33 heavy (non-hydrogen) atoms. The van der Waals surface area contributed by atoms with E-state index in [4.69, 9.17) is 14.5 Å². The number of nitrogens with one attached hydrogen (secondary N) is 1. The van der Waals surface area contributed by atoms with Crippen molar-refractivity contribution < 1.29 is 19.1 Å². The molecule has 168 valence electrons. The second kappa shape index (κ2) is 9.38. The number of aromatic nitrogens is 2. The van der Waals surface area contributed by atoms with Gasteiger partial charge in [-0.25, -0.2) is 14.6 Å². The number of carbonyl (C=O) groups excluding carboxylic acids is 2. The second-order valence-corrected chi connectivity index (χ2v) is 8.34. The highest BCUT2D eigenvalue weighted by Gasteiger charge is 2.38. The maximum Gasteiger partial charge on any atom is 0.336 e. The topological polar surface area (TPSA) is 90.4 Å². The first kappa shape index (κ1) is 22.4. The molecule has 0 bridgehead atoms. The summed E-state index contributed by atoms with van der Waals surface area (Å²) in [4.78, 5) is 34.6. The Bertz CT molecular complexity index is 1240. The van der Waals surface area contributed by atoms with Crippen LogP contribution >= 0.6 is 11.3 Å². The standard InChI is InChI=1S/C25H23N3O4S/c1-14-20(24(29)31-3)22(21(15(2)27-14)25(30)32-4)17-7-5-6-8-18(17)23-28-19(13-33-23)16-9-11-26-12-10-16/h5-13,22,27H,1-4H3. The number of ether oxygens (including phenoxy) is 2. The largest absolute Gasteiger partial charge is 0.466 e. The van der Waals surface area contributed by atoms with Crippen LogP contribution in [0, 0.1) is 0 Å². The number of hydrogen-bond acceptors (Lipinski definition) is 8. The van der Waals surface area contributed by atoms with Crippen LogP contribution in [0.4, 0.5) is 0 Å². The number of carbonyl (C=O) groups is 2. The van der Waals surface area contributed by atoms with Gasteiger partial charge in [0.25, 0.3) is 0 Å². The molecule has 7 nitrogen and oxygen atoms in total. The van der Waals surface area contributed by atoms with E-state index in [0.717, 1.165) is 27.4 Å². The number of rotatable bonds is 5. The molecule has 3 aromatic rings. The fourth-order valence-corrected chi connectivity index (χ4v) is 4.94. The highest BCUT2D eigenvalue weighted by atomic mass is 32.1. The molecule has 0 saturated heterocycles. The lowest BCUT2D eigenvalue weighted by Crippen LogP contribution is -2.32. The van der Waals surface area contributed by atoms with Crippen molar-refractivity contribution >= 4 is 23.3 Å². The summed E-state index contributed by atoms with van der Waals surface area (Å²) >= 11 is 1.50.